The molecule has 3 aromatic rings. The molecule has 5 N–H and O–H groups in total. The molecule has 3 rings (SSSR count). The highest BCUT2D eigenvalue weighted by Gasteiger charge is 2.16. The summed E-state index contributed by atoms with van der Waals surface area (Å²) in [5.41, 5.74) is 6.99. The van der Waals surface area contributed by atoms with E-state index in [1.54, 1.807) is 24.5 Å². The molecular weight excluding hydrogens is 356 g/mol. The van der Waals surface area contributed by atoms with E-state index in [0.29, 0.717) is 11.3 Å². The monoisotopic (exact) mass is 370 g/mol. The lowest BCUT2D eigenvalue weighted by atomic mass is 10.2. The Hall–Kier alpha value is -3.37. The fourth-order valence-electron chi connectivity index (χ4n) is 2.16. The van der Waals surface area contributed by atoms with Crippen LogP contribution in [0.2, 0.25) is 0 Å². The summed E-state index contributed by atoms with van der Waals surface area (Å²) in [4.78, 5) is 24.6. The average molecular weight is 370 g/mol. The van der Waals surface area contributed by atoms with Gasteiger partial charge in [-0.2, -0.15) is 0 Å². The van der Waals surface area contributed by atoms with E-state index in [9.17, 15) is 13.2 Å². The van der Waals surface area contributed by atoms with Gasteiger partial charge in [-0.25, -0.2) is 23.5 Å². The smallest absolute Gasteiger partial charge is 0.278 e. The number of amides is 1. The third-order valence-corrected chi connectivity index (χ3v) is 4.30. The number of primary sulfonamides is 1. The minimum atomic E-state index is -3.89. The summed E-state index contributed by atoms with van der Waals surface area (Å²) >= 11 is 0. The summed E-state index contributed by atoms with van der Waals surface area (Å²) < 4.78 is 22.8. The van der Waals surface area contributed by atoms with Gasteiger partial charge in [0.05, 0.1) is 16.8 Å². The summed E-state index contributed by atoms with van der Waals surface area (Å²) in [6, 6.07) is 9.03. The molecule has 0 fully saturated rings. The zero-order valence-corrected chi connectivity index (χ0v) is 14.1. The number of nitrogens with zero attached hydrogens (tertiary/aromatic N) is 3. The van der Waals surface area contributed by atoms with E-state index < -0.39 is 15.9 Å². The molecule has 1 amide bonds. The van der Waals surface area contributed by atoms with Crippen molar-refractivity contribution in [1.29, 1.82) is 0 Å². The second-order valence-electron chi connectivity index (χ2n) is 5.26. The Balaban J connectivity index is 1.91. The van der Waals surface area contributed by atoms with Gasteiger partial charge in [-0.05, 0) is 30.3 Å². The van der Waals surface area contributed by atoms with Gasteiger partial charge in [-0.15, -0.1) is 0 Å². The minimum absolute atomic E-state index is 0.0576. The molecule has 26 heavy (non-hydrogen) atoms. The topological polar surface area (TPSA) is 154 Å². The lowest BCUT2D eigenvalue weighted by molar-refractivity contribution is 0.102. The summed E-state index contributed by atoms with van der Waals surface area (Å²) in [6.07, 6.45) is 4.63. The highest BCUT2D eigenvalue weighted by atomic mass is 32.2. The molecule has 1 aromatic carbocycles. The first-order valence-corrected chi connectivity index (χ1v) is 8.86. The van der Waals surface area contributed by atoms with E-state index in [-0.39, 0.29) is 22.1 Å². The van der Waals surface area contributed by atoms with Gasteiger partial charge in [0.1, 0.15) is 0 Å². The van der Waals surface area contributed by atoms with Gasteiger partial charge in [0.25, 0.3) is 5.91 Å². The van der Waals surface area contributed by atoms with Gasteiger partial charge in [-0.1, -0.05) is 6.07 Å². The van der Waals surface area contributed by atoms with Crippen molar-refractivity contribution in [3.63, 3.8) is 0 Å². The lowest BCUT2D eigenvalue weighted by Gasteiger charge is -2.09. The number of nitrogens with two attached hydrogens (primary N) is 2. The van der Waals surface area contributed by atoms with Crippen molar-refractivity contribution < 1.29 is 13.2 Å². The molecule has 10 heteroatoms. The maximum atomic E-state index is 12.5. The normalized spacial score (nSPS) is 11.1. The van der Waals surface area contributed by atoms with Crippen molar-refractivity contribution in [2.24, 2.45) is 5.14 Å². The van der Waals surface area contributed by atoms with Crippen LogP contribution in [0.5, 0.6) is 0 Å². The molecule has 0 saturated heterocycles. The number of pyridine rings is 1. The van der Waals surface area contributed by atoms with Gasteiger partial charge < -0.3 is 11.1 Å². The number of anilines is 2. The van der Waals surface area contributed by atoms with Crippen molar-refractivity contribution in [1.82, 2.24) is 15.0 Å². The minimum Gasteiger partial charge on any atom is -0.382 e. The molecule has 9 nitrogen and oxygen atoms in total. The van der Waals surface area contributed by atoms with Gasteiger partial charge in [0.15, 0.2) is 11.5 Å². The van der Waals surface area contributed by atoms with Crippen LogP contribution in [0.4, 0.5) is 11.5 Å². The van der Waals surface area contributed by atoms with E-state index in [2.05, 4.69) is 20.3 Å². The Bertz CT molecular complexity index is 1070. The number of aromatic nitrogens is 3. The van der Waals surface area contributed by atoms with Crippen LogP contribution in [-0.4, -0.2) is 29.3 Å². The van der Waals surface area contributed by atoms with Crippen LogP contribution in [0, 0.1) is 0 Å². The van der Waals surface area contributed by atoms with Crippen LogP contribution < -0.4 is 16.2 Å². The van der Waals surface area contributed by atoms with Crippen molar-refractivity contribution in [3.05, 3.63) is 60.7 Å². The van der Waals surface area contributed by atoms with Crippen LogP contribution in [0.3, 0.4) is 0 Å². The lowest BCUT2D eigenvalue weighted by Crippen LogP contribution is -2.18. The van der Waals surface area contributed by atoms with Gasteiger partial charge in [0.2, 0.25) is 10.0 Å². The van der Waals surface area contributed by atoms with Crippen LogP contribution >= 0.6 is 0 Å². The first-order valence-electron chi connectivity index (χ1n) is 7.32. The Morgan fingerprint density at radius 3 is 2.62 bits per heavy atom. The first-order chi connectivity index (χ1) is 12.3. The van der Waals surface area contributed by atoms with Crippen molar-refractivity contribution in [3.8, 4) is 11.3 Å². The molecule has 132 valence electrons. The Kier molecular flexibility index (Phi) is 4.61. The van der Waals surface area contributed by atoms with Crippen molar-refractivity contribution >= 4 is 27.4 Å². The molecule has 0 spiro atoms. The SMILES string of the molecule is Nc1ncc(-c2cccnc2)nc1C(=O)Nc1cccc(S(N)(=O)=O)c1. The number of hydrogen-bond acceptors (Lipinski definition) is 7. The van der Waals surface area contributed by atoms with E-state index in [1.807, 2.05) is 0 Å². The maximum absolute atomic E-state index is 12.5. The first kappa shape index (κ1) is 17.5. The third-order valence-electron chi connectivity index (χ3n) is 3.39. The molecule has 0 unspecified atom stereocenters. The Morgan fingerprint density at radius 1 is 1.12 bits per heavy atom. The molecule has 2 aromatic heterocycles. The predicted molar refractivity (Wildman–Crippen MR) is 95.4 cm³/mol. The highest BCUT2D eigenvalue weighted by Crippen LogP contribution is 2.19. The largest absolute Gasteiger partial charge is 0.382 e. The molecule has 0 radical (unpaired) electrons. The van der Waals surface area contributed by atoms with Crippen LogP contribution in [0.25, 0.3) is 11.3 Å². The molecular formula is C16H14N6O3S. The van der Waals surface area contributed by atoms with E-state index in [1.165, 1.54) is 30.5 Å². The third kappa shape index (κ3) is 3.82. The number of rotatable bonds is 4. The van der Waals surface area contributed by atoms with E-state index in [0.717, 1.165) is 0 Å². The number of nitrogens with one attached hydrogen (secondary N) is 1. The van der Waals surface area contributed by atoms with E-state index in [4.69, 9.17) is 10.9 Å². The fourth-order valence-corrected chi connectivity index (χ4v) is 2.72. The van der Waals surface area contributed by atoms with Crippen LogP contribution in [0.15, 0.2) is 59.9 Å². The van der Waals surface area contributed by atoms with E-state index >= 15 is 0 Å². The quantitative estimate of drug-likeness (QED) is 0.619. The van der Waals surface area contributed by atoms with Gasteiger partial charge in [-0.3, -0.25) is 9.78 Å². The molecule has 0 bridgehead atoms. The summed E-state index contributed by atoms with van der Waals surface area (Å²) in [5, 5.41) is 7.62. The second-order valence-corrected chi connectivity index (χ2v) is 6.82. The molecule has 0 saturated carbocycles. The average Bonchev–Trinajstić information content (AvgIpc) is 2.62. The van der Waals surface area contributed by atoms with Crippen molar-refractivity contribution in [2.75, 3.05) is 11.1 Å². The number of hydrogen-bond donors (Lipinski definition) is 3. The summed E-state index contributed by atoms with van der Waals surface area (Å²) in [5.74, 6) is -0.690. The molecule has 2 heterocycles. The molecule has 0 aliphatic rings. The van der Waals surface area contributed by atoms with Gasteiger partial charge >= 0.3 is 0 Å². The number of nitrogen functional groups attached to an aromatic ring is 1. The molecule has 0 atom stereocenters. The fraction of sp³-hybridized carbons (Fsp3) is 0. The maximum Gasteiger partial charge on any atom is 0.278 e. The highest BCUT2D eigenvalue weighted by molar-refractivity contribution is 7.89. The number of carbonyl (C=O) groups is 1. The summed E-state index contributed by atoms with van der Waals surface area (Å²) in [6.45, 7) is 0. The standard InChI is InChI=1S/C16H14N6O3S/c17-15-14(22-13(9-20-15)10-3-2-6-19-8-10)16(23)21-11-4-1-5-12(7-11)26(18,24)25/h1-9H,(H2,17,20)(H,21,23)(H2,18,24,25). The summed E-state index contributed by atoms with van der Waals surface area (Å²) in [7, 11) is -3.89. The second kappa shape index (κ2) is 6.86. The van der Waals surface area contributed by atoms with Crippen LogP contribution in [-0.2, 0) is 10.0 Å². The zero-order chi connectivity index (χ0) is 18.7. The molecule has 0 aliphatic carbocycles. The number of sulfonamides is 1. The van der Waals surface area contributed by atoms with Crippen LogP contribution in [0.1, 0.15) is 10.5 Å². The van der Waals surface area contributed by atoms with Crippen molar-refractivity contribution in [2.45, 2.75) is 4.90 Å². The van der Waals surface area contributed by atoms with Gasteiger partial charge in [0, 0.05) is 23.6 Å². The zero-order valence-electron chi connectivity index (χ0n) is 13.3. The molecule has 0 aliphatic heterocycles. The Morgan fingerprint density at radius 2 is 1.92 bits per heavy atom. The predicted octanol–water partition coefficient (Wildman–Crippen LogP) is 1.02. The number of benzene rings is 1. The number of carbonyl (C=O) groups excluding carboxylic acids is 1. The Labute approximate surface area is 149 Å².